The molecule has 232 valence electrons. The van der Waals surface area contributed by atoms with E-state index in [1.165, 1.54) is 57.4 Å². The fraction of sp³-hybridized carbons (Fsp3) is 0.400. The number of fused-ring (bicyclic) bond motifs is 1. The molecule has 1 aromatic carbocycles. The predicted molar refractivity (Wildman–Crippen MR) is 150 cm³/mol. The number of urea groups is 1. The van der Waals surface area contributed by atoms with Gasteiger partial charge in [-0.25, -0.2) is 9.48 Å². The minimum atomic E-state index is -1.54. The third kappa shape index (κ3) is 6.81. The molecule has 3 N–H and O–H groups in total. The molecular weight excluding hydrogens is 641 g/mol. The van der Waals surface area contributed by atoms with Gasteiger partial charge >= 0.3 is 47.4 Å². The minimum absolute atomic E-state index is 0. The molecule has 6 amide bonds. The molecule has 17 nitrogen and oxygen atoms in total. The fourth-order valence-electron chi connectivity index (χ4n) is 4.85. The molecule has 0 unspecified atom stereocenters. The molecule has 5 rings (SSSR count). The summed E-state index contributed by atoms with van der Waals surface area (Å²) in [6.07, 6.45) is 0. The summed E-state index contributed by atoms with van der Waals surface area (Å²) in [5.41, 5.74) is 0.353. The number of amides is 6. The smallest absolute Gasteiger partial charge is 0.543 e. The SMILES string of the molecule is CCN1CCN(C(=O)N[C@H](C(=O)N[C@@H]2C(=O)N3C(C(=O)[O-])=C(CSc4nnnn4C)CS[C@H]23)c2ccc(O)cc2)C(=O)C1=O.[Na+]. The van der Waals surface area contributed by atoms with Crippen LogP contribution in [0.3, 0.4) is 0 Å². The Bertz CT molecular complexity index is 1570. The molecule has 2 fully saturated rings. The van der Waals surface area contributed by atoms with Gasteiger partial charge in [0.15, 0.2) is 0 Å². The molecular formula is C25H26N9NaO8S2. The van der Waals surface area contributed by atoms with Crippen LogP contribution in [0.1, 0.15) is 18.5 Å². The monoisotopic (exact) mass is 667 g/mol. The first-order valence-electron chi connectivity index (χ1n) is 13.3. The predicted octanol–water partition coefficient (Wildman–Crippen LogP) is -5.44. The van der Waals surface area contributed by atoms with Crippen molar-refractivity contribution in [1.29, 1.82) is 0 Å². The van der Waals surface area contributed by atoms with E-state index in [-0.39, 0.29) is 71.2 Å². The average molecular weight is 668 g/mol. The summed E-state index contributed by atoms with van der Waals surface area (Å²) in [5, 5.41) is 37.7. The van der Waals surface area contributed by atoms with Crippen LogP contribution in [0.25, 0.3) is 0 Å². The maximum absolute atomic E-state index is 13.5. The number of aromatic nitrogens is 4. The molecule has 45 heavy (non-hydrogen) atoms. The summed E-state index contributed by atoms with van der Waals surface area (Å²) < 4.78 is 1.42. The number of phenols is 1. The maximum Gasteiger partial charge on any atom is 1.00 e. The van der Waals surface area contributed by atoms with Crippen LogP contribution in [0.2, 0.25) is 0 Å². The number of nitrogens with zero attached hydrogens (tertiary/aromatic N) is 7. The number of rotatable bonds is 9. The fourth-order valence-corrected chi connectivity index (χ4v) is 7.19. The number of imide groups is 1. The van der Waals surface area contributed by atoms with Crippen molar-refractivity contribution in [2.24, 2.45) is 7.05 Å². The molecule has 3 aliphatic heterocycles. The van der Waals surface area contributed by atoms with E-state index >= 15 is 0 Å². The Morgan fingerprint density at radius 3 is 2.49 bits per heavy atom. The maximum atomic E-state index is 13.5. The number of phenolic OH excluding ortho intramolecular Hbond substituents is 1. The standard InChI is InChI=1S/C25H27N9O8S2.Na/c1-3-32-8-9-33(21(39)20(32)38)24(42)27-15(12-4-6-14(35)7-5-12)18(36)26-16-19(37)34-17(23(40)41)13(10-43-22(16)34)11-44-25-28-29-30-31(25)2;/h4-7,15-16,22,35H,3,8-11H2,1-2H3,(H,26,36)(H,27,42)(H,40,41);/q;+1/p-1/t15-,16+,22+;/m0./s1. The van der Waals surface area contributed by atoms with E-state index in [1.807, 2.05) is 0 Å². The van der Waals surface area contributed by atoms with Gasteiger partial charge in [-0.05, 0) is 40.6 Å². The summed E-state index contributed by atoms with van der Waals surface area (Å²) in [7, 11) is 1.63. The van der Waals surface area contributed by atoms with Crippen LogP contribution in [-0.4, -0.2) is 118 Å². The quantitative estimate of drug-likeness (QED) is 0.0984. The number of likely N-dealkylation sites (N-methyl/N-ethyl adjacent to an activating group) is 1. The molecule has 0 saturated carbocycles. The first-order valence-corrected chi connectivity index (χ1v) is 15.3. The van der Waals surface area contributed by atoms with Gasteiger partial charge in [-0.15, -0.1) is 16.9 Å². The molecule has 1 aromatic heterocycles. The van der Waals surface area contributed by atoms with Gasteiger partial charge < -0.3 is 30.5 Å². The molecule has 2 aromatic rings. The Morgan fingerprint density at radius 1 is 1.16 bits per heavy atom. The number of piperazine rings is 1. The van der Waals surface area contributed by atoms with Gasteiger partial charge in [-0.3, -0.25) is 29.0 Å². The van der Waals surface area contributed by atoms with Crippen LogP contribution < -0.4 is 45.3 Å². The molecule has 0 bridgehead atoms. The second-order valence-corrected chi connectivity index (χ2v) is 11.9. The molecule has 3 aliphatic rings. The van der Waals surface area contributed by atoms with Crippen LogP contribution >= 0.6 is 23.5 Å². The third-order valence-corrected chi connectivity index (χ3v) is 9.62. The zero-order chi connectivity index (χ0) is 31.7. The van der Waals surface area contributed by atoms with Gasteiger partial charge in [0.05, 0.1) is 11.7 Å². The molecule has 20 heteroatoms. The van der Waals surface area contributed by atoms with Crippen LogP contribution in [0, 0.1) is 0 Å². The molecule has 2 saturated heterocycles. The number of carboxylic acid groups (broad SMARTS) is 1. The van der Waals surface area contributed by atoms with Crippen molar-refractivity contribution in [2.45, 2.75) is 29.5 Å². The number of hydrogen-bond acceptors (Lipinski definition) is 13. The Morgan fingerprint density at radius 2 is 1.87 bits per heavy atom. The van der Waals surface area contributed by atoms with Gasteiger partial charge in [-0.2, -0.15) is 0 Å². The van der Waals surface area contributed by atoms with E-state index in [1.54, 1.807) is 14.0 Å². The van der Waals surface area contributed by atoms with E-state index in [9.17, 15) is 39.0 Å². The van der Waals surface area contributed by atoms with Crippen molar-refractivity contribution in [1.82, 2.24) is 45.5 Å². The summed E-state index contributed by atoms with van der Waals surface area (Å²) in [6.45, 7) is 2.02. The molecule has 0 radical (unpaired) electrons. The largest absolute Gasteiger partial charge is 1.00 e. The zero-order valence-corrected chi connectivity index (χ0v) is 28.0. The number of carbonyl (C=O) groups is 6. The number of β-lactam (4-membered cyclic amide) rings is 1. The number of aliphatic carboxylic acids is 1. The van der Waals surface area contributed by atoms with Crippen molar-refractivity contribution in [3.8, 4) is 5.75 Å². The topological polar surface area (TPSA) is 223 Å². The van der Waals surface area contributed by atoms with Crippen LogP contribution in [0.4, 0.5) is 4.79 Å². The summed E-state index contributed by atoms with van der Waals surface area (Å²) in [6, 6.07) is 1.76. The Kier molecular flexibility index (Phi) is 10.8. The normalized spacial score (nSPS) is 20.2. The molecule has 0 aliphatic carbocycles. The number of aromatic hydroxyl groups is 1. The average Bonchev–Trinajstić information content (AvgIpc) is 3.42. The first-order chi connectivity index (χ1) is 21.0. The number of carbonyl (C=O) groups excluding carboxylic acids is 6. The molecule has 3 atom stereocenters. The van der Waals surface area contributed by atoms with Crippen LogP contribution in [0.15, 0.2) is 40.7 Å². The van der Waals surface area contributed by atoms with E-state index in [0.717, 1.165) is 4.90 Å². The van der Waals surface area contributed by atoms with Crippen LogP contribution in [-0.2, 0) is 31.0 Å². The first kappa shape index (κ1) is 34.2. The molecule has 0 spiro atoms. The number of hydrogen-bond donors (Lipinski definition) is 3. The minimum Gasteiger partial charge on any atom is -0.543 e. The van der Waals surface area contributed by atoms with E-state index in [0.29, 0.717) is 22.2 Å². The second kappa shape index (κ2) is 14.2. The van der Waals surface area contributed by atoms with Crippen molar-refractivity contribution in [3.05, 3.63) is 41.1 Å². The van der Waals surface area contributed by atoms with Gasteiger partial charge in [0, 0.05) is 38.2 Å². The van der Waals surface area contributed by atoms with Crippen LogP contribution in [0.5, 0.6) is 5.75 Å². The van der Waals surface area contributed by atoms with E-state index in [4.69, 9.17) is 0 Å². The summed E-state index contributed by atoms with van der Waals surface area (Å²) in [4.78, 5) is 79.9. The van der Waals surface area contributed by atoms with Gasteiger partial charge in [0.25, 0.3) is 5.91 Å². The second-order valence-electron chi connectivity index (χ2n) is 9.83. The number of aryl methyl sites for hydroxylation is 1. The van der Waals surface area contributed by atoms with Crippen molar-refractivity contribution in [2.75, 3.05) is 31.1 Å². The number of nitrogens with one attached hydrogen (secondary N) is 2. The summed E-state index contributed by atoms with van der Waals surface area (Å²) >= 11 is 2.43. The van der Waals surface area contributed by atoms with Gasteiger partial charge in [0.2, 0.25) is 11.1 Å². The number of benzene rings is 1. The Hall–Kier alpha value is -3.65. The number of carboxylic acids is 1. The van der Waals surface area contributed by atoms with Gasteiger partial charge in [0.1, 0.15) is 23.2 Å². The summed E-state index contributed by atoms with van der Waals surface area (Å²) in [5.74, 6) is -4.66. The number of tetrazole rings is 1. The molecule has 4 heterocycles. The third-order valence-electron chi connectivity index (χ3n) is 7.19. The van der Waals surface area contributed by atoms with Crippen molar-refractivity contribution in [3.63, 3.8) is 0 Å². The van der Waals surface area contributed by atoms with E-state index < -0.39 is 53.1 Å². The Labute approximate surface area is 286 Å². The number of thioether (sulfide) groups is 2. The van der Waals surface area contributed by atoms with Crippen molar-refractivity contribution >= 4 is 59.2 Å². The zero-order valence-electron chi connectivity index (χ0n) is 24.3. The Balaban J connectivity index is 0.00000461. The van der Waals surface area contributed by atoms with Crippen molar-refractivity contribution < 1.29 is 68.5 Å². The van der Waals surface area contributed by atoms with Gasteiger partial charge in [-0.1, -0.05) is 23.9 Å². The van der Waals surface area contributed by atoms with E-state index in [2.05, 4.69) is 26.2 Å².